The van der Waals surface area contributed by atoms with Crippen LogP contribution in [0.25, 0.3) is 16.1 Å². The van der Waals surface area contributed by atoms with Crippen molar-refractivity contribution in [2.45, 2.75) is 25.2 Å². The van der Waals surface area contributed by atoms with Crippen molar-refractivity contribution >= 4 is 34.2 Å². The van der Waals surface area contributed by atoms with E-state index in [1.54, 1.807) is 22.7 Å². The molecule has 7 heteroatoms. The number of fused-ring (bicyclic) bond motifs is 1. The van der Waals surface area contributed by atoms with E-state index in [9.17, 15) is 4.79 Å². The molecule has 4 aromatic heterocycles. The Morgan fingerprint density at radius 2 is 2.18 bits per heavy atom. The minimum Gasteiger partial charge on any atom is -0.342 e. The molecule has 1 fully saturated rings. The Balaban J connectivity index is 1.35. The van der Waals surface area contributed by atoms with E-state index in [-0.39, 0.29) is 11.8 Å². The van der Waals surface area contributed by atoms with Crippen LogP contribution in [0.1, 0.15) is 30.1 Å². The van der Waals surface area contributed by atoms with Crippen LogP contribution < -0.4 is 0 Å². The molecule has 4 aromatic rings. The van der Waals surface area contributed by atoms with Crippen LogP contribution in [0.5, 0.6) is 0 Å². The Bertz CT molecular complexity index is 1090. The first kappa shape index (κ1) is 17.6. The molecule has 5 nitrogen and oxygen atoms in total. The van der Waals surface area contributed by atoms with Crippen LogP contribution in [0.4, 0.5) is 0 Å². The fourth-order valence-corrected chi connectivity index (χ4v) is 5.14. The average Bonchev–Trinajstić information content (AvgIpc) is 3.48. The van der Waals surface area contributed by atoms with E-state index in [4.69, 9.17) is 10.1 Å². The second-order valence-corrected chi connectivity index (χ2v) is 8.88. The molecule has 0 aromatic carbocycles. The highest BCUT2D eigenvalue weighted by atomic mass is 32.1. The van der Waals surface area contributed by atoms with E-state index < -0.39 is 0 Å². The number of rotatable bonds is 4. The molecule has 0 N–H and O–H groups in total. The number of pyridine rings is 1. The maximum Gasteiger partial charge on any atom is 0.227 e. The van der Waals surface area contributed by atoms with Gasteiger partial charge >= 0.3 is 0 Å². The first-order valence-corrected chi connectivity index (χ1v) is 11.3. The highest BCUT2D eigenvalue weighted by molar-refractivity contribution is 7.13. The largest absolute Gasteiger partial charge is 0.342 e. The van der Waals surface area contributed by atoms with E-state index in [0.29, 0.717) is 13.0 Å². The maximum atomic E-state index is 12.7. The molecule has 5 heterocycles. The number of amides is 1. The Hall–Kier alpha value is -2.51. The van der Waals surface area contributed by atoms with Crippen LogP contribution in [0.3, 0.4) is 0 Å². The van der Waals surface area contributed by atoms with Gasteiger partial charge in [0.15, 0.2) is 11.5 Å². The summed E-state index contributed by atoms with van der Waals surface area (Å²) in [6.45, 7) is 1.53. The molecule has 1 aliphatic rings. The van der Waals surface area contributed by atoms with Crippen LogP contribution in [0, 0.1) is 0 Å². The van der Waals surface area contributed by atoms with Gasteiger partial charge in [0.2, 0.25) is 5.91 Å². The quantitative estimate of drug-likeness (QED) is 0.501. The summed E-state index contributed by atoms with van der Waals surface area (Å²) in [6.07, 6.45) is 4.55. The van der Waals surface area contributed by atoms with Crippen molar-refractivity contribution in [1.82, 2.24) is 19.5 Å². The van der Waals surface area contributed by atoms with Gasteiger partial charge in [0, 0.05) is 35.6 Å². The topological polar surface area (TPSA) is 50.5 Å². The highest BCUT2D eigenvalue weighted by Gasteiger charge is 2.27. The second-order valence-electron chi connectivity index (χ2n) is 7.16. The minimum atomic E-state index is 0.199. The number of likely N-dealkylation sites (tertiary alicyclic amines) is 1. The van der Waals surface area contributed by atoms with Crippen LogP contribution in [-0.4, -0.2) is 38.5 Å². The van der Waals surface area contributed by atoms with Gasteiger partial charge in [-0.3, -0.25) is 4.79 Å². The van der Waals surface area contributed by atoms with E-state index in [2.05, 4.69) is 23.6 Å². The van der Waals surface area contributed by atoms with Crippen molar-refractivity contribution in [3.8, 4) is 10.4 Å². The third kappa shape index (κ3) is 3.47. The zero-order chi connectivity index (χ0) is 18.9. The van der Waals surface area contributed by atoms with Gasteiger partial charge in [-0.15, -0.1) is 11.3 Å². The summed E-state index contributed by atoms with van der Waals surface area (Å²) in [5, 5.41) is 10.9. The SMILES string of the molecule is O=C(Cc1ccsc1)N1CCCC(c2nc3ccc(-c4cccs4)cn3n2)C1. The lowest BCUT2D eigenvalue weighted by atomic mass is 9.97. The fourth-order valence-electron chi connectivity index (χ4n) is 3.76. The third-order valence-electron chi connectivity index (χ3n) is 5.23. The van der Waals surface area contributed by atoms with Crippen molar-refractivity contribution in [1.29, 1.82) is 0 Å². The first-order valence-electron chi connectivity index (χ1n) is 9.45. The molecule has 0 bridgehead atoms. The number of carbonyl (C=O) groups excluding carboxylic acids is 1. The number of piperidine rings is 1. The summed E-state index contributed by atoms with van der Waals surface area (Å²) in [7, 11) is 0. The summed E-state index contributed by atoms with van der Waals surface area (Å²) in [6, 6.07) is 10.3. The molecule has 28 heavy (non-hydrogen) atoms. The average molecular weight is 409 g/mol. The molecule has 1 amide bonds. The van der Waals surface area contributed by atoms with E-state index in [1.165, 1.54) is 4.88 Å². The summed E-state index contributed by atoms with van der Waals surface area (Å²) in [5.41, 5.74) is 3.11. The molecule has 5 rings (SSSR count). The lowest BCUT2D eigenvalue weighted by Gasteiger charge is -2.31. The van der Waals surface area contributed by atoms with Crippen molar-refractivity contribution < 1.29 is 4.79 Å². The number of thiophene rings is 2. The number of hydrogen-bond donors (Lipinski definition) is 0. The molecular weight excluding hydrogens is 388 g/mol. The molecule has 0 aliphatic carbocycles. The maximum absolute atomic E-state index is 12.7. The Morgan fingerprint density at radius 3 is 3.00 bits per heavy atom. The van der Waals surface area contributed by atoms with Gasteiger partial charge in [-0.25, -0.2) is 9.50 Å². The molecule has 0 saturated carbocycles. The fraction of sp³-hybridized carbons (Fsp3) is 0.286. The minimum absolute atomic E-state index is 0.199. The molecular formula is C21H20N4OS2. The van der Waals surface area contributed by atoms with Gasteiger partial charge in [0.05, 0.1) is 6.42 Å². The molecule has 0 radical (unpaired) electrons. The number of hydrogen-bond acceptors (Lipinski definition) is 5. The molecule has 142 valence electrons. The van der Waals surface area contributed by atoms with Gasteiger partial charge in [-0.2, -0.15) is 16.4 Å². The molecule has 1 atom stereocenters. The van der Waals surface area contributed by atoms with Gasteiger partial charge in [0.25, 0.3) is 0 Å². The van der Waals surface area contributed by atoms with Crippen LogP contribution in [0.2, 0.25) is 0 Å². The van der Waals surface area contributed by atoms with Crippen LogP contribution >= 0.6 is 22.7 Å². The molecule has 1 unspecified atom stereocenters. The second kappa shape index (κ2) is 7.48. The predicted octanol–water partition coefficient (Wildman–Crippen LogP) is 4.47. The zero-order valence-electron chi connectivity index (χ0n) is 15.3. The third-order valence-corrected chi connectivity index (χ3v) is 6.88. The van der Waals surface area contributed by atoms with Crippen LogP contribution in [0.15, 0.2) is 52.7 Å². The van der Waals surface area contributed by atoms with Crippen LogP contribution in [-0.2, 0) is 11.2 Å². The lowest BCUT2D eigenvalue weighted by Crippen LogP contribution is -2.40. The van der Waals surface area contributed by atoms with Gasteiger partial charge in [-0.05, 0) is 58.8 Å². The summed E-state index contributed by atoms with van der Waals surface area (Å²) in [5.74, 6) is 1.24. The summed E-state index contributed by atoms with van der Waals surface area (Å²) in [4.78, 5) is 20.6. The number of carbonyl (C=O) groups is 1. The molecule has 1 saturated heterocycles. The van der Waals surface area contributed by atoms with Crippen molar-refractivity contribution in [2.24, 2.45) is 0 Å². The lowest BCUT2D eigenvalue weighted by molar-refractivity contribution is -0.131. The van der Waals surface area contributed by atoms with Crippen molar-refractivity contribution in [2.75, 3.05) is 13.1 Å². The monoisotopic (exact) mass is 408 g/mol. The molecule has 1 aliphatic heterocycles. The van der Waals surface area contributed by atoms with E-state index >= 15 is 0 Å². The Morgan fingerprint density at radius 1 is 1.21 bits per heavy atom. The van der Waals surface area contributed by atoms with E-state index in [0.717, 1.165) is 42.0 Å². The van der Waals surface area contributed by atoms with Gasteiger partial charge < -0.3 is 4.90 Å². The van der Waals surface area contributed by atoms with Crippen molar-refractivity contribution in [3.05, 3.63) is 64.1 Å². The Kier molecular flexibility index (Phi) is 4.70. The first-order chi connectivity index (χ1) is 13.8. The standard InChI is InChI=1S/C21H20N4OS2/c26-20(11-15-7-10-27-14-15)24-8-1-3-17(12-24)21-22-19-6-5-16(13-25(19)23-21)18-4-2-9-28-18/h2,4-7,9-10,13-14,17H,1,3,8,11-12H2. The van der Waals surface area contributed by atoms with Gasteiger partial charge in [-0.1, -0.05) is 6.07 Å². The molecule has 0 spiro atoms. The predicted molar refractivity (Wildman–Crippen MR) is 113 cm³/mol. The van der Waals surface area contributed by atoms with Gasteiger partial charge in [0.1, 0.15) is 0 Å². The van der Waals surface area contributed by atoms with E-state index in [1.807, 2.05) is 38.5 Å². The highest BCUT2D eigenvalue weighted by Crippen LogP contribution is 2.28. The summed E-state index contributed by atoms with van der Waals surface area (Å²) >= 11 is 3.35. The zero-order valence-corrected chi connectivity index (χ0v) is 17.0. The number of aromatic nitrogens is 3. The normalized spacial score (nSPS) is 17.3. The smallest absolute Gasteiger partial charge is 0.227 e. The Labute approximate surface area is 171 Å². The van der Waals surface area contributed by atoms with Crippen molar-refractivity contribution in [3.63, 3.8) is 0 Å². The number of nitrogens with zero attached hydrogens (tertiary/aromatic N) is 4. The summed E-state index contributed by atoms with van der Waals surface area (Å²) < 4.78 is 1.87.